The predicted octanol–water partition coefficient (Wildman–Crippen LogP) is 2.95. The summed E-state index contributed by atoms with van der Waals surface area (Å²) in [7, 11) is 1.72. The number of hydrogen-bond acceptors (Lipinski definition) is 2. The minimum atomic E-state index is 0.761. The third-order valence-corrected chi connectivity index (χ3v) is 3.15. The van der Waals surface area contributed by atoms with Crippen LogP contribution < -0.4 is 5.32 Å². The molecular weight excluding hydrogens is 236 g/mol. The Morgan fingerprint density at radius 2 is 2.18 bits per heavy atom. The lowest BCUT2D eigenvalue weighted by molar-refractivity contribution is 0.194. The molecule has 2 N–H and O–H groups in total. The Balaban J connectivity index is 1.97. The first-order chi connectivity index (χ1) is 8.33. The summed E-state index contributed by atoms with van der Waals surface area (Å²) in [6.07, 6.45) is 1.01. The van der Waals surface area contributed by atoms with Gasteiger partial charge in [-0.2, -0.15) is 0 Å². The number of ether oxygens (including phenoxy) is 1. The number of para-hydroxylation sites is 1. The normalized spacial score (nSPS) is 11.2. The lowest BCUT2D eigenvalue weighted by Crippen LogP contribution is -2.16. The molecule has 4 heteroatoms. The van der Waals surface area contributed by atoms with E-state index in [-0.39, 0.29) is 0 Å². The molecule has 0 aliphatic heterocycles. The van der Waals surface area contributed by atoms with Gasteiger partial charge in [0.15, 0.2) is 0 Å². The second-order valence-electron chi connectivity index (χ2n) is 3.99. The van der Waals surface area contributed by atoms with E-state index in [1.165, 1.54) is 0 Å². The Morgan fingerprint density at radius 3 is 2.94 bits per heavy atom. The molecule has 1 aromatic heterocycles. The van der Waals surface area contributed by atoms with Gasteiger partial charge >= 0.3 is 0 Å². The van der Waals surface area contributed by atoms with E-state index in [0.717, 1.165) is 47.7 Å². The number of nitrogens with one attached hydrogen (secondary N) is 2. The SMILES string of the molecule is COCCCNCc1[nH]c2ccccc2c1Cl. The minimum absolute atomic E-state index is 0.761. The summed E-state index contributed by atoms with van der Waals surface area (Å²) in [5, 5.41) is 5.25. The number of methoxy groups -OCH3 is 1. The van der Waals surface area contributed by atoms with Gasteiger partial charge in [-0.25, -0.2) is 0 Å². The van der Waals surface area contributed by atoms with E-state index in [2.05, 4.69) is 10.3 Å². The second kappa shape index (κ2) is 6.05. The number of rotatable bonds is 6. The fourth-order valence-corrected chi connectivity index (χ4v) is 2.12. The summed E-state index contributed by atoms with van der Waals surface area (Å²) < 4.78 is 4.99. The number of H-pyrrole nitrogens is 1. The van der Waals surface area contributed by atoms with Crippen LogP contribution in [0.2, 0.25) is 5.02 Å². The molecule has 0 aliphatic rings. The highest BCUT2D eigenvalue weighted by Crippen LogP contribution is 2.26. The first-order valence-electron chi connectivity index (χ1n) is 5.77. The molecular formula is C13H17ClN2O. The maximum absolute atomic E-state index is 6.30. The van der Waals surface area contributed by atoms with Crippen molar-refractivity contribution in [1.82, 2.24) is 10.3 Å². The average molecular weight is 253 g/mol. The number of fused-ring (bicyclic) bond motifs is 1. The van der Waals surface area contributed by atoms with Crippen molar-refractivity contribution >= 4 is 22.5 Å². The van der Waals surface area contributed by atoms with Crippen molar-refractivity contribution in [2.75, 3.05) is 20.3 Å². The molecule has 0 spiro atoms. The molecule has 17 heavy (non-hydrogen) atoms. The van der Waals surface area contributed by atoms with E-state index in [9.17, 15) is 0 Å². The summed E-state index contributed by atoms with van der Waals surface area (Å²) >= 11 is 6.30. The van der Waals surface area contributed by atoms with E-state index in [1.807, 2.05) is 24.3 Å². The van der Waals surface area contributed by atoms with E-state index < -0.39 is 0 Å². The quantitative estimate of drug-likeness (QED) is 0.776. The van der Waals surface area contributed by atoms with Gasteiger partial charge < -0.3 is 15.0 Å². The van der Waals surface area contributed by atoms with E-state index in [1.54, 1.807) is 7.11 Å². The zero-order chi connectivity index (χ0) is 12.1. The van der Waals surface area contributed by atoms with Crippen LogP contribution in [0.3, 0.4) is 0 Å². The molecule has 2 rings (SSSR count). The van der Waals surface area contributed by atoms with Crippen LogP contribution in [0.25, 0.3) is 10.9 Å². The summed E-state index contributed by atoms with van der Waals surface area (Å²) in [6, 6.07) is 8.07. The number of aromatic amines is 1. The number of halogens is 1. The molecule has 0 radical (unpaired) electrons. The van der Waals surface area contributed by atoms with E-state index >= 15 is 0 Å². The maximum Gasteiger partial charge on any atom is 0.0705 e. The third kappa shape index (κ3) is 3.00. The zero-order valence-electron chi connectivity index (χ0n) is 9.92. The van der Waals surface area contributed by atoms with Gasteiger partial charge in [0.2, 0.25) is 0 Å². The van der Waals surface area contributed by atoms with Crippen molar-refractivity contribution < 1.29 is 4.74 Å². The summed E-state index contributed by atoms with van der Waals surface area (Å²) in [5.41, 5.74) is 2.14. The van der Waals surface area contributed by atoms with Crippen LogP contribution in [0, 0.1) is 0 Å². The van der Waals surface area contributed by atoms with Crippen LogP contribution in [0.15, 0.2) is 24.3 Å². The number of hydrogen-bond donors (Lipinski definition) is 2. The van der Waals surface area contributed by atoms with E-state index in [4.69, 9.17) is 16.3 Å². The van der Waals surface area contributed by atoms with Crippen molar-refractivity contribution in [1.29, 1.82) is 0 Å². The van der Waals surface area contributed by atoms with Gasteiger partial charge in [-0.1, -0.05) is 29.8 Å². The summed E-state index contributed by atoms with van der Waals surface area (Å²) in [5.74, 6) is 0. The van der Waals surface area contributed by atoms with Gasteiger partial charge in [0.05, 0.1) is 5.02 Å². The monoisotopic (exact) mass is 252 g/mol. The predicted molar refractivity (Wildman–Crippen MR) is 71.5 cm³/mol. The maximum atomic E-state index is 6.30. The van der Waals surface area contributed by atoms with Crippen LogP contribution >= 0.6 is 11.6 Å². The summed E-state index contributed by atoms with van der Waals surface area (Å²) in [4.78, 5) is 3.33. The Labute approximate surface area is 106 Å². The smallest absolute Gasteiger partial charge is 0.0705 e. The molecule has 0 bridgehead atoms. The molecule has 0 aliphatic carbocycles. The van der Waals surface area contributed by atoms with E-state index in [0.29, 0.717) is 0 Å². The minimum Gasteiger partial charge on any atom is -0.385 e. The van der Waals surface area contributed by atoms with Crippen molar-refractivity contribution in [3.63, 3.8) is 0 Å². The lowest BCUT2D eigenvalue weighted by atomic mass is 10.2. The highest BCUT2D eigenvalue weighted by Gasteiger charge is 2.07. The van der Waals surface area contributed by atoms with Gasteiger partial charge in [0, 0.05) is 36.9 Å². The van der Waals surface area contributed by atoms with Crippen molar-refractivity contribution in [3.8, 4) is 0 Å². The third-order valence-electron chi connectivity index (χ3n) is 2.72. The van der Waals surface area contributed by atoms with Gasteiger partial charge in [-0.05, 0) is 19.0 Å². The zero-order valence-corrected chi connectivity index (χ0v) is 10.7. The van der Waals surface area contributed by atoms with Crippen molar-refractivity contribution in [3.05, 3.63) is 35.0 Å². The summed E-state index contributed by atoms with van der Waals surface area (Å²) in [6.45, 7) is 2.48. The average Bonchev–Trinajstić information content (AvgIpc) is 2.67. The highest BCUT2D eigenvalue weighted by atomic mass is 35.5. The standard InChI is InChI=1S/C13H17ClN2O/c1-17-8-4-7-15-9-12-13(14)10-5-2-3-6-11(10)16-12/h2-3,5-6,15-16H,4,7-9H2,1H3. The Kier molecular flexibility index (Phi) is 4.42. The number of benzene rings is 1. The highest BCUT2D eigenvalue weighted by molar-refractivity contribution is 6.36. The van der Waals surface area contributed by atoms with Crippen LogP contribution in [-0.2, 0) is 11.3 Å². The fourth-order valence-electron chi connectivity index (χ4n) is 1.84. The largest absolute Gasteiger partial charge is 0.385 e. The molecule has 0 amide bonds. The van der Waals surface area contributed by atoms with Gasteiger partial charge in [-0.15, -0.1) is 0 Å². The van der Waals surface area contributed by atoms with Crippen LogP contribution in [0.4, 0.5) is 0 Å². The first kappa shape index (κ1) is 12.4. The van der Waals surface area contributed by atoms with Crippen molar-refractivity contribution in [2.24, 2.45) is 0 Å². The van der Waals surface area contributed by atoms with Gasteiger partial charge in [0.1, 0.15) is 0 Å². The lowest BCUT2D eigenvalue weighted by Gasteiger charge is -2.03. The van der Waals surface area contributed by atoms with Gasteiger partial charge in [0.25, 0.3) is 0 Å². The van der Waals surface area contributed by atoms with Crippen LogP contribution in [0.5, 0.6) is 0 Å². The molecule has 0 saturated carbocycles. The second-order valence-corrected chi connectivity index (χ2v) is 4.36. The fraction of sp³-hybridized carbons (Fsp3) is 0.385. The van der Waals surface area contributed by atoms with Gasteiger partial charge in [-0.3, -0.25) is 0 Å². The van der Waals surface area contributed by atoms with Crippen molar-refractivity contribution in [2.45, 2.75) is 13.0 Å². The molecule has 0 fully saturated rings. The first-order valence-corrected chi connectivity index (χ1v) is 6.15. The topological polar surface area (TPSA) is 37.0 Å². The van der Waals surface area contributed by atoms with Crippen LogP contribution in [0.1, 0.15) is 12.1 Å². The molecule has 1 aromatic carbocycles. The molecule has 0 saturated heterocycles. The molecule has 2 aromatic rings. The molecule has 1 heterocycles. The molecule has 0 unspecified atom stereocenters. The molecule has 0 atom stereocenters. The molecule has 3 nitrogen and oxygen atoms in total. The number of aromatic nitrogens is 1. The molecule has 92 valence electrons. The Morgan fingerprint density at radius 1 is 1.35 bits per heavy atom. The Hall–Kier alpha value is -1.03. The Bertz CT molecular complexity index is 481. The van der Waals surface area contributed by atoms with Crippen LogP contribution in [-0.4, -0.2) is 25.2 Å².